The van der Waals surface area contributed by atoms with E-state index in [-0.39, 0.29) is 11.4 Å². The fourth-order valence-electron chi connectivity index (χ4n) is 2.97. The summed E-state index contributed by atoms with van der Waals surface area (Å²) in [6.07, 6.45) is 0. The Kier molecular flexibility index (Phi) is 6.48. The van der Waals surface area contributed by atoms with Gasteiger partial charge >= 0.3 is 0 Å². The lowest BCUT2D eigenvalue weighted by Gasteiger charge is -2.26. The van der Waals surface area contributed by atoms with Gasteiger partial charge in [-0.05, 0) is 62.7 Å². The van der Waals surface area contributed by atoms with E-state index in [1.54, 1.807) is 49.4 Å². The number of halogens is 1. The molecule has 0 saturated carbocycles. The fraction of sp³-hybridized carbons (Fsp3) is 0.174. The number of rotatable bonds is 6. The van der Waals surface area contributed by atoms with Crippen LogP contribution in [0.25, 0.3) is 0 Å². The Labute approximate surface area is 182 Å². The van der Waals surface area contributed by atoms with E-state index >= 15 is 0 Å². The van der Waals surface area contributed by atoms with Crippen LogP contribution >= 0.6 is 11.6 Å². The van der Waals surface area contributed by atoms with Gasteiger partial charge in [-0.3, -0.25) is 9.10 Å². The molecule has 1 N–H and O–H groups in total. The van der Waals surface area contributed by atoms with Crippen molar-refractivity contribution in [1.82, 2.24) is 0 Å². The molecule has 0 aliphatic carbocycles. The number of benzene rings is 3. The quantitative estimate of drug-likeness (QED) is 0.577. The molecule has 3 rings (SSSR count). The van der Waals surface area contributed by atoms with Crippen molar-refractivity contribution in [1.29, 1.82) is 0 Å². The zero-order valence-electron chi connectivity index (χ0n) is 17.0. The Balaban J connectivity index is 1.99. The number of carbonyl (C=O) groups is 1. The number of anilines is 2. The molecular formula is C23H23ClN2O3S. The van der Waals surface area contributed by atoms with Crippen molar-refractivity contribution in [3.05, 3.63) is 88.4 Å². The summed E-state index contributed by atoms with van der Waals surface area (Å²) in [4.78, 5) is 12.9. The second kappa shape index (κ2) is 8.90. The molecule has 0 aliphatic rings. The highest BCUT2D eigenvalue weighted by atomic mass is 35.5. The monoisotopic (exact) mass is 442 g/mol. The zero-order chi connectivity index (χ0) is 21.9. The van der Waals surface area contributed by atoms with E-state index in [0.29, 0.717) is 22.0 Å². The maximum Gasteiger partial charge on any atom is 0.264 e. The molecule has 0 spiro atoms. The lowest BCUT2D eigenvalue weighted by Crippen LogP contribution is -2.38. The van der Waals surface area contributed by atoms with Crippen molar-refractivity contribution in [2.75, 3.05) is 16.2 Å². The Bertz CT molecular complexity index is 1160. The van der Waals surface area contributed by atoms with Gasteiger partial charge in [0, 0.05) is 10.7 Å². The van der Waals surface area contributed by atoms with Crippen LogP contribution in [0.1, 0.15) is 16.7 Å². The summed E-state index contributed by atoms with van der Waals surface area (Å²) in [5, 5.41) is 3.18. The van der Waals surface area contributed by atoms with Crippen molar-refractivity contribution >= 4 is 38.9 Å². The molecule has 0 bridgehead atoms. The molecule has 1 amide bonds. The maximum absolute atomic E-state index is 13.4. The molecule has 0 aromatic heterocycles. The minimum absolute atomic E-state index is 0.107. The predicted octanol–water partition coefficient (Wildman–Crippen LogP) is 5.10. The largest absolute Gasteiger partial charge is 0.325 e. The average molecular weight is 443 g/mol. The van der Waals surface area contributed by atoms with Gasteiger partial charge in [-0.1, -0.05) is 53.1 Å². The fourth-order valence-corrected chi connectivity index (χ4v) is 4.62. The smallest absolute Gasteiger partial charge is 0.264 e. The van der Waals surface area contributed by atoms with Crippen molar-refractivity contribution in [3.8, 4) is 0 Å². The van der Waals surface area contributed by atoms with E-state index in [0.717, 1.165) is 15.4 Å². The summed E-state index contributed by atoms with van der Waals surface area (Å²) in [5.41, 5.74) is 3.55. The van der Waals surface area contributed by atoms with Crippen LogP contribution in [0.4, 0.5) is 11.4 Å². The summed E-state index contributed by atoms with van der Waals surface area (Å²) in [5.74, 6) is -0.450. The van der Waals surface area contributed by atoms with Gasteiger partial charge < -0.3 is 5.32 Å². The Morgan fingerprint density at radius 1 is 0.900 bits per heavy atom. The molecule has 0 aliphatic heterocycles. The molecule has 3 aromatic rings. The number of amides is 1. The first kappa shape index (κ1) is 21.9. The van der Waals surface area contributed by atoms with Gasteiger partial charge in [-0.25, -0.2) is 8.42 Å². The number of aryl methyl sites for hydroxylation is 2. The highest BCUT2D eigenvalue weighted by Crippen LogP contribution is 2.31. The summed E-state index contributed by atoms with van der Waals surface area (Å²) in [7, 11) is -3.99. The van der Waals surface area contributed by atoms with Gasteiger partial charge in [0.2, 0.25) is 5.91 Å². The van der Waals surface area contributed by atoms with E-state index in [2.05, 4.69) is 5.32 Å². The highest BCUT2D eigenvalue weighted by Gasteiger charge is 2.28. The van der Waals surface area contributed by atoms with Gasteiger partial charge in [-0.15, -0.1) is 0 Å². The van der Waals surface area contributed by atoms with Gasteiger partial charge in [-0.2, -0.15) is 0 Å². The highest BCUT2D eigenvalue weighted by molar-refractivity contribution is 7.92. The van der Waals surface area contributed by atoms with Gasteiger partial charge in [0.1, 0.15) is 6.54 Å². The zero-order valence-corrected chi connectivity index (χ0v) is 18.6. The molecule has 3 aromatic carbocycles. The third-order valence-corrected chi connectivity index (χ3v) is 6.92. The summed E-state index contributed by atoms with van der Waals surface area (Å²) in [6.45, 7) is 5.17. The van der Waals surface area contributed by atoms with Gasteiger partial charge in [0.15, 0.2) is 0 Å². The van der Waals surface area contributed by atoms with E-state index in [4.69, 9.17) is 11.6 Å². The van der Waals surface area contributed by atoms with Crippen LogP contribution in [0, 0.1) is 20.8 Å². The van der Waals surface area contributed by atoms with Gasteiger partial charge in [0.05, 0.1) is 10.6 Å². The number of hydrogen-bond acceptors (Lipinski definition) is 3. The first-order valence-corrected chi connectivity index (χ1v) is 11.2. The van der Waals surface area contributed by atoms with Crippen molar-refractivity contribution in [2.24, 2.45) is 0 Å². The first-order valence-electron chi connectivity index (χ1n) is 9.39. The molecular weight excluding hydrogens is 420 g/mol. The minimum Gasteiger partial charge on any atom is -0.325 e. The van der Waals surface area contributed by atoms with Crippen molar-refractivity contribution in [2.45, 2.75) is 25.7 Å². The molecule has 0 atom stereocenters. The number of sulfonamides is 1. The van der Waals surface area contributed by atoms with Crippen LogP contribution in [-0.2, 0) is 14.8 Å². The summed E-state index contributed by atoms with van der Waals surface area (Å²) >= 11 is 6.23. The van der Waals surface area contributed by atoms with Crippen LogP contribution in [0.2, 0.25) is 5.02 Å². The molecule has 0 radical (unpaired) electrons. The normalized spacial score (nSPS) is 11.2. The average Bonchev–Trinajstić information content (AvgIpc) is 2.70. The lowest BCUT2D eigenvalue weighted by molar-refractivity contribution is -0.114. The summed E-state index contributed by atoms with van der Waals surface area (Å²) in [6, 6.07) is 18.8. The van der Waals surface area contributed by atoms with Crippen LogP contribution in [0.5, 0.6) is 0 Å². The number of hydrogen-bond donors (Lipinski definition) is 1. The molecule has 156 valence electrons. The predicted molar refractivity (Wildman–Crippen MR) is 122 cm³/mol. The third kappa shape index (κ3) is 4.83. The molecule has 7 heteroatoms. The topological polar surface area (TPSA) is 66.5 Å². The minimum atomic E-state index is -3.99. The molecule has 30 heavy (non-hydrogen) atoms. The van der Waals surface area contributed by atoms with E-state index in [9.17, 15) is 13.2 Å². The molecule has 0 heterocycles. The molecule has 0 unspecified atom stereocenters. The Morgan fingerprint density at radius 3 is 2.07 bits per heavy atom. The van der Waals surface area contributed by atoms with Crippen LogP contribution in [0.15, 0.2) is 71.6 Å². The third-order valence-electron chi connectivity index (χ3n) is 4.74. The van der Waals surface area contributed by atoms with Crippen LogP contribution in [-0.4, -0.2) is 20.9 Å². The van der Waals surface area contributed by atoms with E-state index in [1.807, 2.05) is 26.0 Å². The maximum atomic E-state index is 13.4. The lowest BCUT2D eigenvalue weighted by atomic mass is 10.2. The second-order valence-electron chi connectivity index (χ2n) is 7.12. The second-order valence-corrected chi connectivity index (χ2v) is 9.39. The molecule has 5 nitrogen and oxygen atoms in total. The summed E-state index contributed by atoms with van der Waals surface area (Å²) < 4.78 is 28.0. The first-order chi connectivity index (χ1) is 14.2. The van der Waals surface area contributed by atoms with Crippen molar-refractivity contribution < 1.29 is 13.2 Å². The Hall–Kier alpha value is -2.83. The van der Waals surface area contributed by atoms with Crippen molar-refractivity contribution in [3.63, 3.8) is 0 Å². The number of nitrogens with one attached hydrogen (secondary N) is 1. The van der Waals surface area contributed by atoms with E-state index in [1.165, 1.54) is 12.1 Å². The number of carbonyl (C=O) groups excluding carboxylic acids is 1. The molecule has 0 fully saturated rings. The SMILES string of the molecule is Cc1ccc(NC(=O)CN(c2cccc(Cl)c2C)S(=O)(=O)c2ccc(C)cc2)cc1. The van der Waals surface area contributed by atoms with E-state index < -0.39 is 15.9 Å². The van der Waals surface area contributed by atoms with Gasteiger partial charge in [0.25, 0.3) is 10.0 Å². The van der Waals surface area contributed by atoms with Crippen LogP contribution in [0.3, 0.4) is 0 Å². The Morgan fingerprint density at radius 2 is 1.47 bits per heavy atom. The van der Waals surface area contributed by atoms with Crippen LogP contribution < -0.4 is 9.62 Å². The standard InChI is InChI=1S/C23H23ClN2O3S/c1-16-7-11-19(12-8-16)25-23(27)15-26(22-6-4-5-21(24)18(22)3)30(28,29)20-13-9-17(2)10-14-20/h4-14H,15H2,1-3H3,(H,25,27). The number of nitrogens with zero attached hydrogens (tertiary/aromatic N) is 1. The molecule has 0 saturated heterocycles.